The topological polar surface area (TPSA) is 55.1 Å². The molecule has 3 nitrogen and oxygen atoms in total. The molecule has 2 atom stereocenters. The van der Waals surface area contributed by atoms with Gasteiger partial charge < -0.3 is 11.1 Å². The molecule has 0 bridgehead atoms. The van der Waals surface area contributed by atoms with E-state index in [2.05, 4.69) is 11.9 Å². The first kappa shape index (κ1) is 14.4. The third-order valence-corrected chi connectivity index (χ3v) is 2.70. The Labute approximate surface area is 107 Å². The van der Waals surface area contributed by atoms with Crippen LogP contribution in [-0.4, -0.2) is 11.9 Å². The van der Waals surface area contributed by atoms with E-state index >= 15 is 0 Å². The number of rotatable bonds is 5. The second-order valence-electron chi connectivity index (χ2n) is 4.56. The highest BCUT2D eigenvalue weighted by Gasteiger charge is 2.17. The van der Waals surface area contributed by atoms with Crippen molar-refractivity contribution < 1.29 is 9.18 Å². The number of anilines is 1. The third-order valence-electron chi connectivity index (χ3n) is 2.70. The van der Waals surface area contributed by atoms with Gasteiger partial charge in [-0.05, 0) is 44.5 Å². The van der Waals surface area contributed by atoms with Crippen molar-refractivity contribution in [2.75, 3.05) is 5.32 Å². The Balaban J connectivity index is 2.59. The van der Waals surface area contributed by atoms with Crippen molar-refractivity contribution in [3.8, 4) is 0 Å². The molecule has 0 saturated heterocycles. The quantitative estimate of drug-likeness (QED) is 0.789. The maximum Gasteiger partial charge on any atom is 0.231 e. The predicted octanol–water partition coefficient (Wildman–Crippen LogP) is 2.69. The molecule has 4 heteroatoms. The third kappa shape index (κ3) is 4.30. The van der Waals surface area contributed by atoms with E-state index in [0.717, 1.165) is 5.57 Å². The van der Waals surface area contributed by atoms with Crippen molar-refractivity contribution in [3.63, 3.8) is 0 Å². The first-order valence-electron chi connectivity index (χ1n) is 5.90. The van der Waals surface area contributed by atoms with Crippen LogP contribution in [0, 0.1) is 11.7 Å². The zero-order chi connectivity index (χ0) is 13.7. The Morgan fingerprint density at radius 1 is 1.39 bits per heavy atom. The molecule has 0 fully saturated rings. The average molecular weight is 250 g/mol. The first-order chi connectivity index (χ1) is 8.40. The summed E-state index contributed by atoms with van der Waals surface area (Å²) in [7, 11) is 0. The van der Waals surface area contributed by atoms with Crippen molar-refractivity contribution in [2.45, 2.75) is 26.3 Å². The summed E-state index contributed by atoms with van der Waals surface area (Å²) < 4.78 is 12.7. The van der Waals surface area contributed by atoms with Crippen LogP contribution >= 0.6 is 0 Å². The molecule has 3 N–H and O–H groups in total. The van der Waals surface area contributed by atoms with E-state index in [4.69, 9.17) is 5.73 Å². The highest BCUT2D eigenvalue weighted by molar-refractivity contribution is 5.93. The van der Waals surface area contributed by atoms with Gasteiger partial charge in [-0.15, -0.1) is 0 Å². The molecule has 0 spiro atoms. The minimum atomic E-state index is -0.331. The maximum absolute atomic E-state index is 12.7. The van der Waals surface area contributed by atoms with Gasteiger partial charge in [0.2, 0.25) is 5.91 Å². The van der Waals surface area contributed by atoms with Crippen LogP contribution in [-0.2, 0) is 4.79 Å². The Kier molecular flexibility index (Phi) is 5.04. The number of hydrogen-bond acceptors (Lipinski definition) is 2. The van der Waals surface area contributed by atoms with Gasteiger partial charge >= 0.3 is 0 Å². The Morgan fingerprint density at radius 3 is 2.44 bits per heavy atom. The fourth-order valence-electron chi connectivity index (χ4n) is 1.56. The summed E-state index contributed by atoms with van der Waals surface area (Å²) in [6.07, 6.45) is 0.609. The monoisotopic (exact) mass is 250 g/mol. The number of carbonyl (C=O) groups excluding carboxylic acids is 1. The number of nitrogens with one attached hydrogen (secondary N) is 1. The van der Waals surface area contributed by atoms with Gasteiger partial charge in [-0.3, -0.25) is 4.79 Å². The largest absolute Gasteiger partial charge is 0.328 e. The predicted molar refractivity (Wildman–Crippen MR) is 71.6 cm³/mol. The van der Waals surface area contributed by atoms with E-state index in [1.54, 1.807) is 6.92 Å². The summed E-state index contributed by atoms with van der Waals surface area (Å²) in [5, 5.41) is 2.72. The summed E-state index contributed by atoms with van der Waals surface area (Å²) in [6.45, 7) is 7.52. The van der Waals surface area contributed by atoms with E-state index in [1.807, 2.05) is 6.92 Å². The first-order valence-corrected chi connectivity index (χ1v) is 5.90. The molecule has 1 aromatic rings. The van der Waals surface area contributed by atoms with Crippen LogP contribution in [0.3, 0.4) is 0 Å². The van der Waals surface area contributed by atoms with Crippen LogP contribution in [0.25, 0.3) is 0 Å². The van der Waals surface area contributed by atoms with Crippen molar-refractivity contribution in [1.82, 2.24) is 0 Å². The number of nitrogens with two attached hydrogens (primary N) is 1. The van der Waals surface area contributed by atoms with Crippen LogP contribution in [0.4, 0.5) is 10.1 Å². The molecule has 1 aromatic carbocycles. The smallest absolute Gasteiger partial charge is 0.231 e. The molecular weight excluding hydrogens is 231 g/mol. The fourth-order valence-corrected chi connectivity index (χ4v) is 1.56. The fraction of sp³-hybridized carbons (Fsp3) is 0.357. The van der Waals surface area contributed by atoms with Crippen LogP contribution in [0.2, 0.25) is 0 Å². The second kappa shape index (κ2) is 6.31. The molecule has 0 aliphatic rings. The molecule has 0 aliphatic heterocycles. The highest BCUT2D eigenvalue weighted by Crippen LogP contribution is 2.17. The normalized spacial score (nSPS) is 13.8. The van der Waals surface area contributed by atoms with E-state index in [0.29, 0.717) is 12.1 Å². The van der Waals surface area contributed by atoms with Gasteiger partial charge in [-0.1, -0.05) is 12.2 Å². The van der Waals surface area contributed by atoms with Crippen LogP contribution in [0.5, 0.6) is 0 Å². The van der Waals surface area contributed by atoms with Gasteiger partial charge in [-0.2, -0.15) is 0 Å². The van der Waals surface area contributed by atoms with Crippen molar-refractivity contribution in [1.29, 1.82) is 0 Å². The number of benzene rings is 1. The molecule has 0 aromatic heterocycles. The zero-order valence-electron chi connectivity index (χ0n) is 10.7. The Morgan fingerprint density at radius 2 is 1.94 bits per heavy atom. The van der Waals surface area contributed by atoms with Gasteiger partial charge in [-0.25, -0.2) is 4.39 Å². The second-order valence-corrected chi connectivity index (χ2v) is 4.56. The number of carbonyl (C=O) groups is 1. The van der Waals surface area contributed by atoms with Gasteiger partial charge in [0.25, 0.3) is 0 Å². The van der Waals surface area contributed by atoms with Crippen LogP contribution in [0.15, 0.2) is 36.4 Å². The maximum atomic E-state index is 12.7. The van der Waals surface area contributed by atoms with E-state index in [9.17, 15) is 9.18 Å². The lowest BCUT2D eigenvalue weighted by Gasteiger charge is -2.16. The lowest BCUT2D eigenvalue weighted by atomic mass is 9.96. The average Bonchev–Trinajstić information content (AvgIpc) is 2.30. The summed E-state index contributed by atoms with van der Waals surface area (Å²) in [6, 6.07) is 5.63. The molecular formula is C14H19FN2O. The lowest BCUT2D eigenvalue weighted by molar-refractivity contribution is -0.118. The SMILES string of the molecule is C=C(CC(C)N)C(C)C(=O)Nc1ccc(F)cc1. The van der Waals surface area contributed by atoms with E-state index in [-0.39, 0.29) is 23.7 Å². The van der Waals surface area contributed by atoms with Gasteiger partial charge in [0.1, 0.15) is 5.82 Å². The molecule has 1 rings (SSSR count). The summed E-state index contributed by atoms with van der Waals surface area (Å²) in [4.78, 5) is 11.9. The van der Waals surface area contributed by atoms with Crippen molar-refractivity contribution in [3.05, 3.63) is 42.2 Å². The minimum absolute atomic E-state index is 0.0152. The Bertz CT molecular complexity index is 426. The lowest BCUT2D eigenvalue weighted by Crippen LogP contribution is -2.25. The van der Waals surface area contributed by atoms with Gasteiger partial charge in [0.05, 0.1) is 5.92 Å². The van der Waals surface area contributed by atoms with Gasteiger partial charge in [0, 0.05) is 11.7 Å². The molecule has 0 saturated carbocycles. The summed E-state index contributed by atoms with van der Waals surface area (Å²) >= 11 is 0. The molecule has 2 unspecified atom stereocenters. The molecule has 0 radical (unpaired) electrons. The van der Waals surface area contributed by atoms with Crippen molar-refractivity contribution >= 4 is 11.6 Å². The van der Waals surface area contributed by atoms with Crippen molar-refractivity contribution in [2.24, 2.45) is 11.7 Å². The number of halogens is 1. The molecule has 98 valence electrons. The van der Waals surface area contributed by atoms with Crippen LogP contribution in [0.1, 0.15) is 20.3 Å². The number of hydrogen-bond donors (Lipinski definition) is 2. The molecule has 0 aliphatic carbocycles. The molecule has 18 heavy (non-hydrogen) atoms. The van der Waals surface area contributed by atoms with E-state index < -0.39 is 0 Å². The van der Waals surface area contributed by atoms with E-state index in [1.165, 1.54) is 24.3 Å². The van der Waals surface area contributed by atoms with Crippen LogP contribution < -0.4 is 11.1 Å². The van der Waals surface area contributed by atoms with Gasteiger partial charge in [0.15, 0.2) is 0 Å². The molecule has 1 amide bonds. The zero-order valence-corrected chi connectivity index (χ0v) is 10.7. The summed E-state index contributed by atoms with van der Waals surface area (Å²) in [5.41, 5.74) is 7.03. The Hall–Kier alpha value is -1.68. The number of amides is 1. The standard InChI is InChI=1S/C14H19FN2O/c1-9(8-10(2)16)11(3)14(18)17-13-6-4-12(15)5-7-13/h4-7,10-11H,1,8,16H2,2-3H3,(H,17,18). The molecule has 0 heterocycles. The summed E-state index contributed by atoms with van der Waals surface area (Å²) in [5.74, 6) is -0.810. The minimum Gasteiger partial charge on any atom is -0.328 e. The highest BCUT2D eigenvalue weighted by atomic mass is 19.1.